The number of hydrogen-bond donors (Lipinski definition) is 2. The van der Waals surface area contributed by atoms with Gasteiger partial charge in [-0.15, -0.1) is 13.2 Å². The van der Waals surface area contributed by atoms with E-state index in [1.807, 2.05) is 0 Å². The molecule has 0 aromatic heterocycles. The number of nitrogens with zero attached hydrogens (tertiary/aromatic N) is 2. The third kappa shape index (κ3) is 6.58. The van der Waals surface area contributed by atoms with Gasteiger partial charge in [0.25, 0.3) is 5.91 Å². The molecule has 13 heteroatoms. The molecule has 2 fully saturated rings. The highest BCUT2D eigenvalue weighted by molar-refractivity contribution is 5.96. The molecule has 1 saturated heterocycles. The minimum Gasteiger partial charge on any atom is -0.442 e. The van der Waals surface area contributed by atoms with Crippen molar-refractivity contribution >= 4 is 23.8 Å². The van der Waals surface area contributed by atoms with Crippen molar-refractivity contribution in [2.75, 3.05) is 13.1 Å². The largest absolute Gasteiger partial charge is 0.573 e. The Kier molecular flexibility index (Phi) is 7.42. The molecule has 1 aromatic rings. The smallest absolute Gasteiger partial charge is 0.442 e. The highest BCUT2D eigenvalue weighted by atomic mass is 19.4. The Balaban J connectivity index is 1.73. The number of nitrogens with one attached hydrogen (secondary N) is 1. The number of ether oxygens (including phenoxy) is 2. The molecule has 1 saturated carbocycles. The molecule has 3 rings (SSSR count). The summed E-state index contributed by atoms with van der Waals surface area (Å²) in [7, 11) is 0. The van der Waals surface area contributed by atoms with Gasteiger partial charge in [-0.3, -0.25) is 19.8 Å². The molecule has 36 heavy (non-hydrogen) atoms. The molecule has 0 unspecified atom stereocenters. The highest BCUT2D eigenvalue weighted by Crippen LogP contribution is 2.50. The SMILES string of the molecule is CC(C)(C)OC(=O)N(CC(N)=O)NC(=O)[C@@H]1CCCN1C(=O)C1(c2ccc(OC(F)(F)F)cc2)CC1. The van der Waals surface area contributed by atoms with E-state index in [4.69, 9.17) is 10.5 Å². The van der Waals surface area contributed by atoms with Gasteiger partial charge >= 0.3 is 12.5 Å². The van der Waals surface area contributed by atoms with Crippen molar-refractivity contribution in [2.24, 2.45) is 5.73 Å². The summed E-state index contributed by atoms with van der Waals surface area (Å²) < 4.78 is 46.4. The van der Waals surface area contributed by atoms with Crippen LogP contribution in [0.1, 0.15) is 52.0 Å². The minimum absolute atomic E-state index is 0.288. The van der Waals surface area contributed by atoms with E-state index in [2.05, 4.69) is 10.2 Å². The Labute approximate surface area is 205 Å². The van der Waals surface area contributed by atoms with Crippen LogP contribution in [0.25, 0.3) is 0 Å². The van der Waals surface area contributed by atoms with E-state index in [9.17, 15) is 32.3 Å². The van der Waals surface area contributed by atoms with Crippen LogP contribution in [0.15, 0.2) is 24.3 Å². The Bertz CT molecular complexity index is 1020. The summed E-state index contributed by atoms with van der Waals surface area (Å²) in [6.07, 6.45) is -4.01. The van der Waals surface area contributed by atoms with Gasteiger partial charge in [-0.2, -0.15) is 0 Å². The topological polar surface area (TPSA) is 131 Å². The van der Waals surface area contributed by atoms with Crippen LogP contribution in [-0.4, -0.2) is 64.8 Å². The maximum absolute atomic E-state index is 13.5. The molecule has 0 spiro atoms. The highest BCUT2D eigenvalue weighted by Gasteiger charge is 2.55. The summed E-state index contributed by atoms with van der Waals surface area (Å²) in [4.78, 5) is 51.8. The Morgan fingerprint density at radius 2 is 1.75 bits per heavy atom. The summed E-state index contributed by atoms with van der Waals surface area (Å²) in [5.41, 5.74) is 6.22. The van der Waals surface area contributed by atoms with Crippen molar-refractivity contribution in [2.45, 2.75) is 69.9 Å². The third-order valence-corrected chi connectivity index (χ3v) is 5.79. The number of carbonyl (C=O) groups excluding carboxylic acids is 4. The molecule has 1 heterocycles. The fourth-order valence-electron chi connectivity index (χ4n) is 4.11. The van der Waals surface area contributed by atoms with E-state index in [0.717, 1.165) is 12.1 Å². The summed E-state index contributed by atoms with van der Waals surface area (Å²) in [6, 6.07) is 4.20. The molecule has 4 amide bonds. The number of carbonyl (C=O) groups is 4. The molecule has 1 atom stereocenters. The maximum Gasteiger partial charge on any atom is 0.573 e. The normalized spacial score (nSPS) is 18.8. The zero-order valence-electron chi connectivity index (χ0n) is 20.2. The Morgan fingerprint density at radius 3 is 2.25 bits per heavy atom. The fourth-order valence-corrected chi connectivity index (χ4v) is 4.11. The predicted molar refractivity (Wildman–Crippen MR) is 119 cm³/mol. The van der Waals surface area contributed by atoms with Crippen molar-refractivity contribution in [1.82, 2.24) is 15.3 Å². The van der Waals surface area contributed by atoms with Crippen LogP contribution in [0.4, 0.5) is 18.0 Å². The molecule has 0 radical (unpaired) electrons. The van der Waals surface area contributed by atoms with E-state index in [1.165, 1.54) is 17.0 Å². The van der Waals surface area contributed by atoms with Gasteiger partial charge in [0, 0.05) is 6.54 Å². The van der Waals surface area contributed by atoms with E-state index in [1.54, 1.807) is 20.8 Å². The van der Waals surface area contributed by atoms with E-state index in [0.29, 0.717) is 36.3 Å². The lowest BCUT2D eigenvalue weighted by Crippen LogP contribution is -2.57. The quantitative estimate of drug-likeness (QED) is 0.561. The number of amides is 4. The number of halogens is 3. The van der Waals surface area contributed by atoms with E-state index < -0.39 is 53.6 Å². The van der Waals surface area contributed by atoms with E-state index >= 15 is 0 Å². The van der Waals surface area contributed by atoms with Gasteiger partial charge < -0.3 is 20.1 Å². The lowest BCUT2D eigenvalue weighted by atomic mass is 9.94. The number of hydrazine groups is 1. The molecule has 2 aliphatic rings. The number of benzene rings is 1. The number of hydrogen-bond acceptors (Lipinski definition) is 6. The van der Waals surface area contributed by atoms with Crippen molar-refractivity contribution in [3.8, 4) is 5.75 Å². The van der Waals surface area contributed by atoms with Gasteiger partial charge in [0.2, 0.25) is 11.8 Å². The van der Waals surface area contributed by atoms with Gasteiger partial charge in [-0.05, 0) is 64.2 Å². The molecular weight excluding hydrogens is 485 g/mol. The van der Waals surface area contributed by atoms with Crippen LogP contribution in [0, 0.1) is 0 Å². The van der Waals surface area contributed by atoms with Crippen LogP contribution >= 0.6 is 0 Å². The first-order chi connectivity index (χ1) is 16.6. The molecule has 3 N–H and O–H groups in total. The van der Waals surface area contributed by atoms with Crippen LogP contribution in [-0.2, 0) is 24.5 Å². The van der Waals surface area contributed by atoms with Crippen molar-refractivity contribution in [3.63, 3.8) is 0 Å². The second kappa shape index (κ2) is 9.86. The fraction of sp³-hybridized carbons (Fsp3) is 0.565. The number of rotatable bonds is 6. The number of nitrogens with two attached hydrogens (primary N) is 1. The second-order valence-corrected chi connectivity index (χ2v) is 9.82. The molecule has 10 nitrogen and oxygen atoms in total. The van der Waals surface area contributed by atoms with Crippen LogP contribution in [0.2, 0.25) is 0 Å². The zero-order chi connectivity index (χ0) is 26.9. The van der Waals surface area contributed by atoms with Crippen molar-refractivity contribution < 1.29 is 41.8 Å². The van der Waals surface area contributed by atoms with Crippen LogP contribution < -0.4 is 15.9 Å². The van der Waals surface area contributed by atoms with Crippen molar-refractivity contribution in [3.05, 3.63) is 29.8 Å². The van der Waals surface area contributed by atoms with Gasteiger partial charge in [0.05, 0.1) is 5.41 Å². The predicted octanol–water partition coefficient (Wildman–Crippen LogP) is 2.36. The van der Waals surface area contributed by atoms with Gasteiger partial charge in [-0.1, -0.05) is 12.1 Å². The average Bonchev–Trinajstić information content (AvgIpc) is 3.39. The number of likely N-dealkylation sites (tertiary alicyclic amines) is 1. The van der Waals surface area contributed by atoms with Gasteiger partial charge in [0.15, 0.2) is 0 Å². The first-order valence-electron chi connectivity index (χ1n) is 11.4. The zero-order valence-corrected chi connectivity index (χ0v) is 20.2. The maximum atomic E-state index is 13.5. The van der Waals surface area contributed by atoms with Crippen molar-refractivity contribution in [1.29, 1.82) is 0 Å². The van der Waals surface area contributed by atoms with E-state index in [-0.39, 0.29) is 12.5 Å². The molecule has 1 aromatic carbocycles. The molecule has 0 bridgehead atoms. The monoisotopic (exact) mass is 514 g/mol. The number of primary amides is 1. The molecule has 198 valence electrons. The average molecular weight is 515 g/mol. The summed E-state index contributed by atoms with van der Waals surface area (Å²) in [6.45, 7) is 4.50. The Hall–Kier alpha value is -3.51. The van der Waals surface area contributed by atoms with Gasteiger partial charge in [-0.25, -0.2) is 9.80 Å². The Morgan fingerprint density at radius 1 is 1.14 bits per heavy atom. The molecule has 1 aliphatic heterocycles. The van der Waals surface area contributed by atoms with Gasteiger partial charge in [0.1, 0.15) is 23.9 Å². The second-order valence-electron chi connectivity index (χ2n) is 9.82. The minimum atomic E-state index is -4.83. The third-order valence-electron chi connectivity index (χ3n) is 5.79. The first kappa shape index (κ1) is 27.1. The van der Waals surface area contributed by atoms with Crippen LogP contribution in [0.3, 0.4) is 0 Å². The standard InChI is InChI=1S/C23H29F3N4O6/c1-21(2,3)36-20(34)30(13-17(27)31)28-18(32)16-5-4-12-29(16)19(33)22(10-11-22)14-6-8-15(9-7-14)35-23(24,25)26/h6-9,16H,4-5,10-13H2,1-3H3,(H2,27,31)(H,28,32)/t16-/m0/s1. The molecule has 1 aliphatic carbocycles. The first-order valence-corrected chi connectivity index (χ1v) is 11.4. The summed E-state index contributed by atoms with van der Waals surface area (Å²) in [5, 5.41) is 0.670. The summed E-state index contributed by atoms with van der Waals surface area (Å²) in [5.74, 6) is -2.29. The lowest BCUT2D eigenvalue weighted by molar-refractivity contribution is -0.274. The lowest BCUT2D eigenvalue weighted by Gasteiger charge is -2.31. The molecular formula is C23H29F3N4O6. The number of alkyl halides is 3. The summed E-state index contributed by atoms with van der Waals surface area (Å²) >= 11 is 0. The van der Waals surface area contributed by atoms with Crippen LogP contribution in [0.5, 0.6) is 5.75 Å².